The molecule has 32 heavy (non-hydrogen) atoms. The van der Waals surface area contributed by atoms with Crippen molar-refractivity contribution in [2.45, 2.75) is 31.1 Å². The number of piperidine rings is 1. The molecule has 1 unspecified atom stereocenters. The number of benzene rings is 2. The lowest BCUT2D eigenvalue weighted by Gasteiger charge is -2.31. The average Bonchev–Trinajstić information content (AvgIpc) is 2.75. The van der Waals surface area contributed by atoms with Crippen molar-refractivity contribution in [3.63, 3.8) is 0 Å². The number of amides is 2. The summed E-state index contributed by atoms with van der Waals surface area (Å²) in [5, 5.41) is 2.78. The zero-order chi connectivity index (χ0) is 23.3. The molecule has 1 fully saturated rings. The molecular weight excluding hydrogens is 457 g/mol. The van der Waals surface area contributed by atoms with Crippen LogP contribution in [-0.4, -0.2) is 44.8 Å². The van der Waals surface area contributed by atoms with Crippen molar-refractivity contribution in [2.24, 2.45) is 5.92 Å². The maximum Gasteiger partial charge on any atom is 0.261 e. The molecule has 0 bridgehead atoms. The fourth-order valence-electron chi connectivity index (χ4n) is 3.52. The topological polar surface area (TPSA) is 95.6 Å². The van der Waals surface area contributed by atoms with Gasteiger partial charge in [0.2, 0.25) is 5.91 Å². The van der Waals surface area contributed by atoms with E-state index in [-0.39, 0.29) is 40.0 Å². The van der Waals surface area contributed by atoms with Gasteiger partial charge in [-0.2, -0.15) is 0 Å². The van der Waals surface area contributed by atoms with Gasteiger partial charge in [0.15, 0.2) is 0 Å². The molecule has 0 radical (unpaired) electrons. The number of hydrogen-bond acceptors (Lipinski definition) is 4. The number of nitrogens with zero attached hydrogens (tertiary/aromatic N) is 1. The van der Waals surface area contributed by atoms with Crippen LogP contribution in [0.25, 0.3) is 0 Å². The molecule has 1 heterocycles. The summed E-state index contributed by atoms with van der Waals surface area (Å²) < 4.78 is 40.5. The largest absolute Gasteiger partial charge is 0.352 e. The number of hydrogen-bond donors (Lipinski definition) is 2. The Kier molecular flexibility index (Phi) is 7.73. The second kappa shape index (κ2) is 10.3. The van der Waals surface area contributed by atoms with Gasteiger partial charge in [0.1, 0.15) is 5.82 Å². The van der Waals surface area contributed by atoms with E-state index in [0.29, 0.717) is 5.92 Å². The Bertz CT molecular complexity index is 1090. The summed E-state index contributed by atoms with van der Waals surface area (Å²) in [6.07, 6.45) is 2.29. The van der Waals surface area contributed by atoms with Gasteiger partial charge in [-0.05, 0) is 61.2 Å². The maximum absolute atomic E-state index is 13.1. The zero-order valence-electron chi connectivity index (χ0n) is 17.6. The van der Waals surface area contributed by atoms with Crippen molar-refractivity contribution in [3.05, 3.63) is 58.9 Å². The third-order valence-electron chi connectivity index (χ3n) is 5.23. The van der Waals surface area contributed by atoms with Crippen molar-refractivity contribution in [2.75, 3.05) is 24.4 Å². The van der Waals surface area contributed by atoms with Crippen LogP contribution < -0.4 is 10.0 Å². The predicted octanol–water partition coefficient (Wildman–Crippen LogP) is 3.66. The number of halogens is 2. The standard InChI is InChI=1S/C22H25ClFN3O4S/c1-15-3-2-12-27(14-15)21(28)10-11-25-22(29)16-4-9-19(23)20(13-16)26-32(30,31)18-7-5-17(24)6-8-18/h4-9,13,15,26H,2-3,10-12,14H2,1H3,(H,25,29). The zero-order valence-corrected chi connectivity index (χ0v) is 19.2. The van der Waals surface area contributed by atoms with Gasteiger partial charge in [0.25, 0.3) is 15.9 Å². The van der Waals surface area contributed by atoms with Gasteiger partial charge in [-0.15, -0.1) is 0 Å². The van der Waals surface area contributed by atoms with Crippen molar-refractivity contribution in [3.8, 4) is 0 Å². The Morgan fingerprint density at radius 1 is 1.19 bits per heavy atom. The summed E-state index contributed by atoms with van der Waals surface area (Å²) >= 11 is 6.09. The van der Waals surface area contributed by atoms with Gasteiger partial charge in [-0.1, -0.05) is 18.5 Å². The number of anilines is 1. The maximum atomic E-state index is 13.1. The van der Waals surface area contributed by atoms with Crippen molar-refractivity contribution in [1.29, 1.82) is 0 Å². The highest BCUT2D eigenvalue weighted by molar-refractivity contribution is 7.92. The molecule has 0 saturated carbocycles. The second-order valence-corrected chi connectivity index (χ2v) is 9.94. The highest BCUT2D eigenvalue weighted by Crippen LogP contribution is 2.26. The molecule has 10 heteroatoms. The van der Waals surface area contributed by atoms with E-state index in [0.717, 1.165) is 50.2 Å². The smallest absolute Gasteiger partial charge is 0.261 e. The lowest BCUT2D eigenvalue weighted by Crippen LogP contribution is -2.40. The summed E-state index contributed by atoms with van der Waals surface area (Å²) in [6, 6.07) is 8.50. The normalized spacial score (nSPS) is 16.5. The Labute approximate surface area is 192 Å². The Morgan fingerprint density at radius 2 is 1.91 bits per heavy atom. The highest BCUT2D eigenvalue weighted by Gasteiger charge is 2.21. The minimum atomic E-state index is -4.02. The minimum absolute atomic E-state index is 0.000651. The molecule has 1 aliphatic heterocycles. The van der Waals surface area contributed by atoms with Gasteiger partial charge >= 0.3 is 0 Å². The molecule has 1 aliphatic rings. The molecule has 2 N–H and O–H groups in total. The molecule has 0 aliphatic carbocycles. The summed E-state index contributed by atoms with van der Waals surface area (Å²) in [5.41, 5.74) is 0.201. The molecule has 172 valence electrons. The first-order valence-electron chi connectivity index (χ1n) is 10.3. The molecule has 0 spiro atoms. The third-order valence-corrected chi connectivity index (χ3v) is 6.94. The fraction of sp³-hybridized carbons (Fsp3) is 0.364. The van der Waals surface area contributed by atoms with Crippen molar-refractivity contribution in [1.82, 2.24) is 10.2 Å². The number of rotatable bonds is 7. The number of carbonyl (C=O) groups is 2. The van der Waals surface area contributed by atoms with Crippen LogP contribution in [0.2, 0.25) is 5.02 Å². The SMILES string of the molecule is CC1CCCN(C(=O)CCNC(=O)c2ccc(Cl)c(NS(=O)(=O)c3ccc(F)cc3)c2)C1. The molecular formula is C22H25ClFN3O4S. The van der Waals surface area contributed by atoms with Crippen LogP contribution >= 0.6 is 11.6 Å². The number of carbonyl (C=O) groups excluding carboxylic acids is 2. The highest BCUT2D eigenvalue weighted by atomic mass is 35.5. The Morgan fingerprint density at radius 3 is 2.59 bits per heavy atom. The quantitative estimate of drug-likeness (QED) is 0.630. The van der Waals surface area contributed by atoms with E-state index in [9.17, 15) is 22.4 Å². The van der Waals surface area contributed by atoms with E-state index in [2.05, 4.69) is 17.0 Å². The molecule has 0 aromatic heterocycles. The van der Waals surface area contributed by atoms with E-state index >= 15 is 0 Å². The Balaban J connectivity index is 1.61. The van der Waals surface area contributed by atoms with Crippen LogP contribution in [0.5, 0.6) is 0 Å². The second-order valence-electron chi connectivity index (χ2n) is 7.85. The molecule has 3 rings (SSSR count). The average molecular weight is 482 g/mol. The van der Waals surface area contributed by atoms with E-state index < -0.39 is 21.7 Å². The van der Waals surface area contributed by atoms with E-state index in [1.54, 1.807) is 0 Å². The lowest BCUT2D eigenvalue weighted by atomic mass is 10.00. The molecule has 2 amide bonds. The van der Waals surface area contributed by atoms with Crippen LogP contribution in [0, 0.1) is 11.7 Å². The molecule has 2 aromatic carbocycles. The van der Waals surface area contributed by atoms with E-state index in [1.807, 2.05) is 4.90 Å². The van der Waals surface area contributed by atoms with Crippen LogP contribution in [0.1, 0.15) is 36.5 Å². The predicted molar refractivity (Wildman–Crippen MR) is 121 cm³/mol. The molecule has 7 nitrogen and oxygen atoms in total. The van der Waals surface area contributed by atoms with Gasteiger partial charge < -0.3 is 10.2 Å². The number of sulfonamides is 1. The molecule has 1 atom stereocenters. The lowest BCUT2D eigenvalue weighted by molar-refractivity contribution is -0.132. The van der Waals surface area contributed by atoms with E-state index in [1.165, 1.54) is 18.2 Å². The monoisotopic (exact) mass is 481 g/mol. The summed E-state index contributed by atoms with van der Waals surface area (Å²) in [7, 11) is -4.02. The summed E-state index contributed by atoms with van der Waals surface area (Å²) in [5.74, 6) is -0.535. The van der Waals surface area contributed by atoms with Crippen molar-refractivity contribution < 1.29 is 22.4 Å². The van der Waals surface area contributed by atoms with Gasteiger partial charge in [0, 0.05) is 31.6 Å². The van der Waals surface area contributed by atoms with Crippen LogP contribution in [-0.2, 0) is 14.8 Å². The van der Waals surface area contributed by atoms with E-state index in [4.69, 9.17) is 11.6 Å². The minimum Gasteiger partial charge on any atom is -0.352 e. The van der Waals surface area contributed by atoms with Gasteiger partial charge in [-0.25, -0.2) is 12.8 Å². The molecule has 2 aromatic rings. The van der Waals surface area contributed by atoms with Crippen molar-refractivity contribution >= 4 is 39.1 Å². The number of likely N-dealkylation sites (tertiary alicyclic amines) is 1. The fourth-order valence-corrected chi connectivity index (χ4v) is 4.81. The van der Waals surface area contributed by atoms with Crippen LogP contribution in [0.4, 0.5) is 10.1 Å². The summed E-state index contributed by atoms with van der Waals surface area (Å²) in [6.45, 7) is 3.76. The van der Waals surface area contributed by atoms with Crippen LogP contribution in [0.3, 0.4) is 0 Å². The van der Waals surface area contributed by atoms with Gasteiger partial charge in [0.05, 0.1) is 15.6 Å². The number of nitrogens with one attached hydrogen (secondary N) is 2. The van der Waals surface area contributed by atoms with Crippen LogP contribution in [0.15, 0.2) is 47.4 Å². The first-order chi connectivity index (χ1) is 15.2. The Hall–Kier alpha value is -2.65. The first-order valence-corrected chi connectivity index (χ1v) is 12.2. The summed E-state index contributed by atoms with van der Waals surface area (Å²) in [4.78, 5) is 26.5. The molecule has 1 saturated heterocycles. The third kappa shape index (κ3) is 6.20. The first kappa shape index (κ1) is 24.0. The van der Waals surface area contributed by atoms with Gasteiger partial charge in [-0.3, -0.25) is 14.3 Å².